The largest absolute Gasteiger partial charge is 0.477 e. The highest BCUT2D eigenvalue weighted by Crippen LogP contribution is 2.19. The Morgan fingerprint density at radius 3 is 2.28 bits per heavy atom. The van der Waals surface area contributed by atoms with Crippen molar-refractivity contribution in [3.05, 3.63) is 21.9 Å². The lowest BCUT2D eigenvalue weighted by Gasteiger charge is -2.26. The summed E-state index contributed by atoms with van der Waals surface area (Å²) in [6.07, 6.45) is 0. The van der Waals surface area contributed by atoms with Crippen molar-refractivity contribution in [2.45, 2.75) is 34.2 Å². The first-order chi connectivity index (χ1) is 8.40. The van der Waals surface area contributed by atoms with Crippen molar-refractivity contribution in [1.29, 1.82) is 0 Å². The van der Waals surface area contributed by atoms with Crippen LogP contribution in [0.25, 0.3) is 0 Å². The number of thiophene rings is 1. The minimum atomic E-state index is -0.811. The average Bonchev–Trinajstić information content (AvgIpc) is 2.63. The highest BCUT2D eigenvalue weighted by molar-refractivity contribution is 7.12. The van der Waals surface area contributed by atoms with E-state index in [2.05, 4.69) is 32.6 Å². The molecule has 0 fully saturated rings. The molecule has 1 heterocycles. The van der Waals surface area contributed by atoms with Crippen LogP contribution in [0.4, 0.5) is 0 Å². The molecule has 0 radical (unpaired) electrons. The zero-order valence-corrected chi connectivity index (χ0v) is 12.5. The molecule has 1 rings (SSSR count). The molecular weight excluding hydrogens is 246 g/mol. The second-order valence-electron chi connectivity index (χ2n) is 5.56. The van der Waals surface area contributed by atoms with Crippen LogP contribution in [0.1, 0.15) is 42.9 Å². The van der Waals surface area contributed by atoms with E-state index in [0.29, 0.717) is 16.7 Å². The van der Waals surface area contributed by atoms with Crippen LogP contribution in [0.2, 0.25) is 0 Å². The number of hydrogen-bond donors (Lipinski definition) is 1. The van der Waals surface area contributed by atoms with Crippen LogP contribution in [0, 0.1) is 11.8 Å². The van der Waals surface area contributed by atoms with E-state index in [1.807, 2.05) is 11.4 Å². The predicted molar refractivity (Wildman–Crippen MR) is 76.2 cm³/mol. The summed E-state index contributed by atoms with van der Waals surface area (Å²) in [7, 11) is 0. The molecule has 0 atom stereocenters. The fourth-order valence-corrected chi connectivity index (χ4v) is 2.88. The molecule has 0 saturated carbocycles. The smallest absolute Gasteiger partial charge is 0.346 e. The van der Waals surface area contributed by atoms with Gasteiger partial charge < -0.3 is 5.11 Å². The molecule has 1 aromatic heterocycles. The normalized spacial score (nSPS) is 11.7. The molecule has 18 heavy (non-hydrogen) atoms. The summed E-state index contributed by atoms with van der Waals surface area (Å²) in [4.78, 5) is 13.9. The Kier molecular flexibility index (Phi) is 5.82. The maximum absolute atomic E-state index is 11.1. The number of carboxylic acids is 1. The quantitative estimate of drug-likeness (QED) is 0.822. The van der Waals surface area contributed by atoms with Crippen molar-refractivity contribution in [2.24, 2.45) is 11.8 Å². The second-order valence-corrected chi connectivity index (χ2v) is 6.48. The Balaban J connectivity index is 2.75. The van der Waals surface area contributed by atoms with Crippen LogP contribution >= 0.6 is 11.3 Å². The van der Waals surface area contributed by atoms with Gasteiger partial charge in [-0.1, -0.05) is 27.7 Å². The molecular formula is C14H23NO2S. The third-order valence-corrected chi connectivity index (χ3v) is 3.53. The summed E-state index contributed by atoms with van der Waals surface area (Å²) in [5.41, 5.74) is 0.939. The van der Waals surface area contributed by atoms with Gasteiger partial charge in [-0.2, -0.15) is 0 Å². The first-order valence-corrected chi connectivity index (χ1v) is 7.30. The molecule has 0 aromatic carbocycles. The van der Waals surface area contributed by atoms with E-state index in [-0.39, 0.29) is 0 Å². The van der Waals surface area contributed by atoms with Gasteiger partial charge in [-0.05, 0) is 28.8 Å². The lowest BCUT2D eigenvalue weighted by molar-refractivity contribution is 0.0699. The summed E-state index contributed by atoms with van der Waals surface area (Å²) in [5, 5.41) is 11.0. The van der Waals surface area contributed by atoms with Crippen molar-refractivity contribution in [1.82, 2.24) is 4.90 Å². The van der Waals surface area contributed by atoms with Crippen molar-refractivity contribution in [3.8, 4) is 0 Å². The molecule has 0 aliphatic carbocycles. The Bertz CT molecular complexity index is 375. The van der Waals surface area contributed by atoms with Crippen LogP contribution in [-0.4, -0.2) is 29.1 Å². The number of aromatic carboxylic acids is 1. The van der Waals surface area contributed by atoms with Crippen molar-refractivity contribution in [2.75, 3.05) is 13.1 Å². The predicted octanol–water partition coefficient (Wildman–Crippen LogP) is 3.56. The van der Waals surface area contributed by atoms with E-state index in [0.717, 1.165) is 25.2 Å². The fourth-order valence-electron chi connectivity index (χ4n) is 2.13. The average molecular weight is 269 g/mol. The molecule has 4 heteroatoms. The maximum atomic E-state index is 11.1. The number of hydrogen-bond acceptors (Lipinski definition) is 3. The Hall–Kier alpha value is -0.870. The van der Waals surface area contributed by atoms with Crippen LogP contribution in [0.3, 0.4) is 0 Å². The first kappa shape index (κ1) is 15.2. The number of nitrogens with zero attached hydrogens (tertiary/aromatic N) is 1. The molecule has 0 spiro atoms. The molecule has 102 valence electrons. The number of carboxylic acid groups (broad SMARTS) is 1. The van der Waals surface area contributed by atoms with Crippen LogP contribution in [0.15, 0.2) is 11.4 Å². The Labute approximate surface area is 113 Å². The third-order valence-electron chi connectivity index (χ3n) is 2.58. The van der Waals surface area contributed by atoms with E-state index in [1.165, 1.54) is 11.3 Å². The van der Waals surface area contributed by atoms with Gasteiger partial charge in [0.1, 0.15) is 4.88 Å². The minimum absolute atomic E-state index is 0.479. The van der Waals surface area contributed by atoms with Gasteiger partial charge >= 0.3 is 5.97 Å². The minimum Gasteiger partial charge on any atom is -0.477 e. The van der Waals surface area contributed by atoms with Crippen molar-refractivity contribution in [3.63, 3.8) is 0 Å². The molecule has 0 amide bonds. The molecule has 0 aliphatic rings. The van der Waals surface area contributed by atoms with Crippen molar-refractivity contribution < 1.29 is 9.90 Å². The van der Waals surface area contributed by atoms with Gasteiger partial charge in [0, 0.05) is 19.6 Å². The highest BCUT2D eigenvalue weighted by Gasteiger charge is 2.16. The molecule has 0 bridgehead atoms. The van der Waals surface area contributed by atoms with Crippen LogP contribution < -0.4 is 0 Å². The van der Waals surface area contributed by atoms with E-state index in [9.17, 15) is 4.79 Å². The zero-order valence-electron chi connectivity index (χ0n) is 11.6. The molecule has 1 N–H and O–H groups in total. The SMILES string of the molecule is CC(C)CN(Cc1ccsc1C(=O)O)CC(C)C. The number of rotatable bonds is 7. The summed E-state index contributed by atoms with van der Waals surface area (Å²) >= 11 is 1.31. The summed E-state index contributed by atoms with van der Waals surface area (Å²) in [6, 6.07) is 1.93. The first-order valence-electron chi connectivity index (χ1n) is 6.42. The topological polar surface area (TPSA) is 40.5 Å². The van der Waals surface area contributed by atoms with Gasteiger partial charge in [0.05, 0.1) is 0 Å². The van der Waals surface area contributed by atoms with Gasteiger partial charge in [-0.3, -0.25) is 4.90 Å². The molecule has 0 aliphatic heterocycles. The van der Waals surface area contributed by atoms with Crippen LogP contribution in [-0.2, 0) is 6.54 Å². The van der Waals surface area contributed by atoms with E-state index in [4.69, 9.17) is 5.11 Å². The monoisotopic (exact) mass is 269 g/mol. The Morgan fingerprint density at radius 2 is 1.83 bits per heavy atom. The lowest BCUT2D eigenvalue weighted by atomic mass is 10.1. The number of carbonyl (C=O) groups is 1. The maximum Gasteiger partial charge on any atom is 0.346 e. The molecule has 1 aromatic rings. The summed E-state index contributed by atoms with van der Waals surface area (Å²) in [6.45, 7) is 11.5. The van der Waals surface area contributed by atoms with E-state index < -0.39 is 5.97 Å². The lowest BCUT2D eigenvalue weighted by Crippen LogP contribution is -2.31. The summed E-state index contributed by atoms with van der Waals surface area (Å²) < 4.78 is 0. The van der Waals surface area contributed by atoms with Gasteiger partial charge in [-0.15, -0.1) is 11.3 Å². The zero-order chi connectivity index (χ0) is 13.7. The second kappa shape index (κ2) is 6.90. The van der Waals surface area contributed by atoms with E-state index >= 15 is 0 Å². The van der Waals surface area contributed by atoms with Gasteiger partial charge in [0.2, 0.25) is 0 Å². The van der Waals surface area contributed by atoms with Crippen LogP contribution in [0.5, 0.6) is 0 Å². The standard InChI is InChI=1S/C14H23NO2S/c1-10(2)7-15(8-11(3)4)9-12-5-6-18-13(12)14(16)17/h5-6,10-11H,7-9H2,1-4H3,(H,16,17). The molecule has 3 nitrogen and oxygen atoms in total. The highest BCUT2D eigenvalue weighted by atomic mass is 32.1. The third kappa shape index (κ3) is 4.78. The van der Waals surface area contributed by atoms with E-state index in [1.54, 1.807) is 0 Å². The molecule has 0 saturated heterocycles. The Morgan fingerprint density at radius 1 is 1.28 bits per heavy atom. The van der Waals surface area contributed by atoms with Gasteiger partial charge in [-0.25, -0.2) is 4.79 Å². The van der Waals surface area contributed by atoms with Gasteiger partial charge in [0.15, 0.2) is 0 Å². The van der Waals surface area contributed by atoms with Gasteiger partial charge in [0.25, 0.3) is 0 Å². The summed E-state index contributed by atoms with van der Waals surface area (Å²) in [5.74, 6) is 0.375. The fraction of sp³-hybridized carbons (Fsp3) is 0.643. The molecule has 0 unspecified atom stereocenters. The van der Waals surface area contributed by atoms with Crippen molar-refractivity contribution >= 4 is 17.3 Å².